The highest BCUT2D eigenvalue weighted by Crippen LogP contribution is 2.32. The lowest BCUT2D eigenvalue weighted by Gasteiger charge is -2.40. The highest BCUT2D eigenvalue weighted by atomic mass is 16.5. The number of carbonyl (C=O) groups is 3. The minimum atomic E-state index is -0.676. The molecule has 0 aliphatic carbocycles. The predicted octanol–water partition coefficient (Wildman–Crippen LogP) is 1.50. The van der Waals surface area contributed by atoms with Gasteiger partial charge < -0.3 is 20.3 Å². The van der Waals surface area contributed by atoms with Gasteiger partial charge >= 0.3 is 5.97 Å². The number of nitrogens with zero attached hydrogens (tertiary/aromatic N) is 1. The number of benzene rings is 1. The van der Waals surface area contributed by atoms with Crippen LogP contribution < -0.4 is 10.6 Å². The summed E-state index contributed by atoms with van der Waals surface area (Å²) in [4.78, 5) is 38.5. The van der Waals surface area contributed by atoms with E-state index in [4.69, 9.17) is 4.74 Å². The van der Waals surface area contributed by atoms with Gasteiger partial charge in [-0.1, -0.05) is 12.1 Å². The molecule has 1 spiro atoms. The number of hydrogen-bond acceptors (Lipinski definition) is 5. The van der Waals surface area contributed by atoms with E-state index in [1.807, 2.05) is 18.2 Å². The second-order valence-electron chi connectivity index (χ2n) is 6.47. The van der Waals surface area contributed by atoms with Crippen molar-refractivity contribution in [3.63, 3.8) is 0 Å². The summed E-state index contributed by atoms with van der Waals surface area (Å²) in [6, 6.07) is 6.68. The number of rotatable bonds is 3. The van der Waals surface area contributed by atoms with Gasteiger partial charge in [0.25, 0.3) is 5.91 Å². The SMILES string of the molecule is CCOC(=O)[C@@H](C)N1CC[C@@]2(CCC1=O)NC(=O)c1ccccc1N2. The first-order valence-corrected chi connectivity index (χ1v) is 8.61. The van der Waals surface area contributed by atoms with Gasteiger partial charge in [-0.2, -0.15) is 0 Å². The number of amides is 2. The summed E-state index contributed by atoms with van der Waals surface area (Å²) in [5.74, 6) is -0.654. The van der Waals surface area contributed by atoms with Gasteiger partial charge in [0.15, 0.2) is 0 Å². The monoisotopic (exact) mass is 345 g/mol. The fourth-order valence-electron chi connectivity index (χ4n) is 3.44. The van der Waals surface area contributed by atoms with Crippen molar-refractivity contribution in [2.24, 2.45) is 0 Å². The summed E-state index contributed by atoms with van der Waals surface area (Å²) in [5, 5.41) is 6.41. The summed E-state index contributed by atoms with van der Waals surface area (Å²) in [6.45, 7) is 4.07. The molecule has 0 bridgehead atoms. The molecule has 2 N–H and O–H groups in total. The molecule has 2 heterocycles. The van der Waals surface area contributed by atoms with E-state index in [0.717, 1.165) is 5.69 Å². The fourth-order valence-corrected chi connectivity index (χ4v) is 3.44. The lowest BCUT2D eigenvalue weighted by molar-refractivity contribution is -0.153. The van der Waals surface area contributed by atoms with E-state index < -0.39 is 17.7 Å². The van der Waals surface area contributed by atoms with Gasteiger partial charge in [0.1, 0.15) is 11.7 Å². The van der Waals surface area contributed by atoms with Crippen LogP contribution in [0.5, 0.6) is 0 Å². The third-order valence-corrected chi connectivity index (χ3v) is 4.86. The van der Waals surface area contributed by atoms with Crippen LogP contribution in [0.4, 0.5) is 5.69 Å². The molecular weight excluding hydrogens is 322 g/mol. The largest absolute Gasteiger partial charge is 0.464 e. The van der Waals surface area contributed by atoms with Gasteiger partial charge in [-0.05, 0) is 32.4 Å². The zero-order valence-electron chi connectivity index (χ0n) is 14.5. The number of nitrogens with one attached hydrogen (secondary N) is 2. The second-order valence-corrected chi connectivity index (χ2v) is 6.47. The first kappa shape index (κ1) is 17.3. The number of fused-ring (bicyclic) bond motifs is 1. The zero-order valence-corrected chi connectivity index (χ0v) is 14.5. The number of esters is 1. The Bertz CT molecular complexity index is 705. The number of carbonyl (C=O) groups excluding carboxylic acids is 3. The molecule has 0 radical (unpaired) electrons. The Morgan fingerprint density at radius 1 is 1.28 bits per heavy atom. The normalized spacial score (nSPS) is 24.0. The average molecular weight is 345 g/mol. The van der Waals surface area contributed by atoms with E-state index in [0.29, 0.717) is 24.9 Å². The number of anilines is 1. The molecule has 7 nitrogen and oxygen atoms in total. The molecule has 7 heteroatoms. The van der Waals surface area contributed by atoms with Crippen LogP contribution >= 0.6 is 0 Å². The number of ether oxygens (including phenoxy) is 1. The van der Waals surface area contributed by atoms with Crippen molar-refractivity contribution in [3.8, 4) is 0 Å². The molecule has 25 heavy (non-hydrogen) atoms. The van der Waals surface area contributed by atoms with Gasteiger partial charge in [-0.25, -0.2) is 4.79 Å². The van der Waals surface area contributed by atoms with Gasteiger partial charge in [0.05, 0.1) is 12.2 Å². The molecule has 134 valence electrons. The second kappa shape index (κ2) is 6.74. The molecule has 3 rings (SSSR count). The van der Waals surface area contributed by atoms with Crippen molar-refractivity contribution in [2.45, 2.75) is 44.8 Å². The van der Waals surface area contributed by atoms with Crippen LogP contribution in [-0.2, 0) is 14.3 Å². The van der Waals surface area contributed by atoms with Gasteiger partial charge in [-0.3, -0.25) is 9.59 Å². The third-order valence-electron chi connectivity index (χ3n) is 4.86. The molecule has 1 aromatic carbocycles. The van der Waals surface area contributed by atoms with Crippen LogP contribution in [0.15, 0.2) is 24.3 Å². The van der Waals surface area contributed by atoms with Crippen LogP contribution in [0, 0.1) is 0 Å². The van der Waals surface area contributed by atoms with E-state index in [2.05, 4.69) is 10.6 Å². The van der Waals surface area contributed by atoms with Crippen LogP contribution in [0.2, 0.25) is 0 Å². The Kier molecular flexibility index (Phi) is 4.65. The van der Waals surface area contributed by atoms with Crippen molar-refractivity contribution in [1.82, 2.24) is 10.2 Å². The topological polar surface area (TPSA) is 87.7 Å². The number of likely N-dealkylation sites (tertiary alicyclic amines) is 1. The maximum atomic E-state index is 12.5. The molecule has 0 aromatic heterocycles. The number of hydrogen-bond donors (Lipinski definition) is 2. The number of para-hydroxylation sites is 1. The lowest BCUT2D eigenvalue weighted by atomic mass is 9.95. The van der Waals surface area contributed by atoms with Crippen LogP contribution in [0.1, 0.15) is 43.5 Å². The highest BCUT2D eigenvalue weighted by molar-refractivity contribution is 6.02. The lowest BCUT2D eigenvalue weighted by Crippen LogP contribution is -2.58. The van der Waals surface area contributed by atoms with E-state index in [-0.39, 0.29) is 24.8 Å². The van der Waals surface area contributed by atoms with E-state index in [9.17, 15) is 14.4 Å². The first-order valence-electron chi connectivity index (χ1n) is 8.61. The van der Waals surface area contributed by atoms with Gasteiger partial charge in [0, 0.05) is 25.1 Å². The summed E-state index contributed by atoms with van der Waals surface area (Å²) in [5.41, 5.74) is 0.690. The summed E-state index contributed by atoms with van der Waals surface area (Å²) < 4.78 is 5.03. The van der Waals surface area contributed by atoms with Gasteiger partial charge in [0.2, 0.25) is 5.91 Å². The molecular formula is C18H23N3O4. The average Bonchev–Trinajstić information content (AvgIpc) is 2.74. The van der Waals surface area contributed by atoms with Crippen molar-refractivity contribution in [3.05, 3.63) is 29.8 Å². The smallest absolute Gasteiger partial charge is 0.328 e. The molecule has 1 fully saturated rings. The third kappa shape index (κ3) is 3.31. The summed E-state index contributed by atoms with van der Waals surface area (Å²) >= 11 is 0. The minimum Gasteiger partial charge on any atom is -0.464 e. The summed E-state index contributed by atoms with van der Waals surface area (Å²) in [6.07, 6.45) is 1.24. The van der Waals surface area contributed by atoms with Crippen LogP contribution in [0.3, 0.4) is 0 Å². The van der Waals surface area contributed by atoms with Gasteiger partial charge in [-0.15, -0.1) is 0 Å². The molecule has 0 saturated carbocycles. The molecule has 2 aliphatic rings. The zero-order chi connectivity index (χ0) is 18.0. The first-order chi connectivity index (χ1) is 12.0. The van der Waals surface area contributed by atoms with Crippen LogP contribution in [-0.4, -0.2) is 47.5 Å². The van der Waals surface area contributed by atoms with E-state index >= 15 is 0 Å². The predicted molar refractivity (Wildman–Crippen MR) is 91.9 cm³/mol. The fraction of sp³-hybridized carbons (Fsp3) is 0.500. The molecule has 1 aromatic rings. The minimum absolute atomic E-state index is 0.104. The Morgan fingerprint density at radius 2 is 2.04 bits per heavy atom. The Hall–Kier alpha value is -2.57. The van der Waals surface area contributed by atoms with E-state index in [1.54, 1.807) is 24.8 Å². The van der Waals surface area contributed by atoms with E-state index in [1.165, 1.54) is 0 Å². The molecule has 2 atom stereocenters. The molecule has 1 saturated heterocycles. The Morgan fingerprint density at radius 3 is 2.80 bits per heavy atom. The standard InChI is InChI=1S/C18H23N3O4/c1-3-25-17(24)12(2)21-11-10-18(9-8-15(21)22)19-14-7-5-4-6-13(14)16(23)20-18/h4-7,12,19H,3,8-11H2,1-2H3,(H,20,23)/t12-,18-/m1/s1. The highest BCUT2D eigenvalue weighted by Gasteiger charge is 2.41. The quantitative estimate of drug-likeness (QED) is 0.811. The maximum absolute atomic E-state index is 12.5. The molecule has 2 amide bonds. The van der Waals surface area contributed by atoms with Crippen molar-refractivity contribution in [2.75, 3.05) is 18.5 Å². The van der Waals surface area contributed by atoms with Crippen molar-refractivity contribution >= 4 is 23.5 Å². The molecule has 2 aliphatic heterocycles. The summed E-state index contributed by atoms with van der Waals surface area (Å²) in [7, 11) is 0. The molecule has 0 unspecified atom stereocenters. The van der Waals surface area contributed by atoms with Crippen molar-refractivity contribution in [1.29, 1.82) is 0 Å². The van der Waals surface area contributed by atoms with Crippen molar-refractivity contribution < 1.29 is 19.1 Å². The Labute approximate surface area is 146 Å². The Balaban J connectivity index is 1.78. The maximum Gasteiger partial charge on any atom is 0.328 e. The van der Waals surface area contributed by atoms with Crippen LogP contribution in [0.25, 0.3) is 0 Å².